The van der Waals surface area contributed by atoms with Crippen molar-refractivity contribution in [1.29, 1.82) is 0 Å². The molecule has 15 heavy (non-hydrogen) atoms. The Kier molecular flexibility index (Phi) is 4.38. The smallest absolute Gasteiger partial charge is 0.0712 e. The van der Waals surface area contributed by atoms with Crippen LogP contribution in [0.3, 0.4) is 0 Å². The molecule has 0 saturated carbocycles. The van der Waals surface area contributed by atoms with Crippen molar-refractivity contribution in [3.05, 3.63) is 0 Å². The van der Waals surface area contributed by atoms with Crippen LogP contribution in [0, 0.1) is 0 Å². The van der Waals surface area contributed by atoms with E-state index in [0.29, 0.717) is 6.10 Å². The quantitative estimate of drug-likeness (QED) is 0.691. The van der Waals surface area contributed by atoms with Crippen LogP contribution in [0.5, 0.6) is 0 Å². The summed E-state index contributed by atoms with van der Waals surface area (Å²) in [6, 6.07) is 0. The van der Waals surface area contributed by atoms with Crippen molar-refractivity contribution in [2.45, 2.75) is 12.5 Å². The minimum absolute atomic E-state index is 0.443. The standard InChI is InChI=1S/C11H23N3O/c1-13-5-7-14(8-6-13)4-2-11-10-12-3-9-15-11/h11-12H,2-10H2,1H3. The zero-order valence-electron chi connectivity index (χ0n) is 9.74. The number of morpholine rings is 1. The van der Waals surface area contributed by atoms with Crippen molar-refractivity contribution < 1.29 is 4.74 Å². The molecule has 4 nitrogen and oxygen atoms in total. The average Bonchev–Trinajstić information content (AvgIpc) is 2.30. The van der Waals surface area contributed by atoms with Crippen LogP contribution in [0.2, 0.25) is 0 Å². The molecule has 0 radical (unpaired) electrons. The van der Waals surface area contributed by atoms with Crippen LogP contribution in [0.15, 0.2) is 0 Å². The van der Waals surface area contributed by atoms with Crippen molar-refractivity contribution in [3.63, 3.8) is 0 Å². The first-order valence-corrected chi connectivity index (χ1v) is 6.08. The number of nitrogens with one attached hydrogen (secondary N) is 1. The number of hydrogen-bond donors (Lipinski definition) is 1. The van der Waals surface area contributed by atoms with Gasteiger partial charge in [0.2, 0.25) is 0 Å². The Morgan fingerprint density at radius 2 is 2.07 bits per heavy atom. The Labute approximate surface area is 92.6 Å². The summed E-state index contributed by atoms with van der Waals surface area (Å²) in [7, 11) is 2.20. The monoisotopic (exact) mass is 213 g/mol. The molecule has 2 rings (SSSR count). The van der Waals surface area contributed by atoms with Gasteiger partial charge in [-0.05, 0) is 13.5 Å². The van der Waals surface area contributed by atoms with E-state index >= 15 is 0 Å². The zero-order chi connectivity index (χ0) is 10.5. The van der Waals surface area contributed by atoms with Crippen molar-refractivity contribution in [2.24, 2.45) is 0 Å². The number of hydrogen-bond acceptors (Lipinski definition) is 4. The average molecular weight is 213 g/mol. The zero-order valence-corrected chi connectivity index (χ0v) is 9.74. The molecule has 0 aromatic rings. The van der Waals surface area contributed by atoms with Crippen LogP contribution in [0.4, 0.5) is 0 Å². The summed E-state index contributed by atoms with van der Waals surface area (Å²) >= 11 is 0. The lowest BCUT2D eigenvalue weighted by atomic mass is 10.2. The third-order valence-corrected chi connectivity index (χ3v) is 3.37. The predicted octanol–water partition coefficient (Wildman–Crippen LogP) is -0.388. The van der Waals surface area contributed by atoms with Crippen LogP contribution < -0.4 is 5.32 Å². The van der Waals surface area contributed by atoms with Gasteiger partial charge in [0.25, 0.3) is 0 Å². The SMILES string of the molecule is CN1CCN(CCC2CNCCO2)CC1. The van der Waals surface area contributed by atoms with E-state index in [1.807, 2.05) is 0 Å². The number of ether oxygens (including phenoxy) is 1. The van der Waals surface area contributed by atoms with Gasteiger partial charge in [-0.1, -0.05) is 0 Å². The third-order valence-electron chi connectivity index (χ3n) is 3.37. The Morgan fingerprint density at radius 3 is 2.73 bits per heavy atom. The summed E-state index contributed by atoms with van der Waals surface area (Å²) in [6.45, 7) is 8.99. The molecule has 2 aliphatic heterocycles. The first kappa shape index (κ1) is 11.3. The predicted molar refractivity (Wildman–Crippen MR) is 61.2 cm³/mol. The van der Waals surface area contributed by atoms with E-state index in [0.717, 1.165) is 19.7 Å². The van der Waals surface area contributed by atoms with Crippen LogP contribution in [0.25, 0.3) is 0 Å². The lowest BCUT2D eigenvalue weighted by Crippen LogP contribution is -2.46. The fourth-order valence-corrected chi connectivity index (χ4v) is 2.20. The highest BCUT2D eigenvalue weighted by Gasteiger charge is 2.17. The minimum atomic E-state index is 0.443. The highest BCUT2D eigenvalue weighted by molar-refractivity contribution is 4.73. The summed E-state index contributed by atoms with van der Waals surface area (Å²) in [6.07, 6.45) is 1.62. The number of rotatable bonds is 3. The molecule has 0 bridgehead atoms. The molecule has 2 aliphatic rings. The lowest BCUT2D eigenvalue weighted by Gasteiger charge is -2.33. The van der Waals surface area contributed by atoms with E-state index in [9.17, 15) is 0 Å². The largest absolute Gasteiger partial charge is 0.376 e. The van der Waals surface area contributed by atoms with Crippen molar-refractivity contribution in [2.75, 3.05) is 59.5 Å². The molecule has 0 spiro atoms. The maximum absolute atomic E-state index is 5.69. The van der Waals surface area contributed by atoms with E-state index in [4.69, 9.17) is 4.74 Å². The molecule has 0 aromatic carbocycles. The Balaban J connectivity index is 1.60. The molecular weight excluding hydrogens is 190 g/mol. The lowest BCUT2D eigenvalue weighted by molar-refractivity contribution is 0.0145. The van der Waals surface area contributed by atoms with Gasteiger partial charge >= 0.3 is 0 Å². The van der Waals surface area contributed by atoms with E-state index < -0.39 is 0 Å². The molecule has 1 N–H and O–H groups in total. The summed E-state index contributed by atoms with van der Waals surface area (Å²) in [5, 5.41) is 3.38. The third kappa shape index (κ3) is 3.72. The van der Waals surface area contributed by atoms with E-state index in [2.05, 4.69) is 22.2 Å². The van der Waals surface area contributed by atoms with Crippen LogP contribution in [0.1, 0.15) is 6.42 Å². The van der Waals surface area contributed by atoms with Gasteiger partial charge in [-0.25, -0.2) is 0 Å². The molecule has 2 fully saturated rings. The topological polar surface area (TPSA) is 27.7 Å². The summed E-state index contributed by atoms with van der Waals surface area (Å²) < 4.78 is 5.69. The highest BCUT2D eigenvalue weighted by Crippen LogP contribution is 2.05. The number of nitrogens with zero attached hydrogens (tertiary/aromatic N) is 2. The summed E-state index contributed by atoms with van der Waals surface area (Å²) in [5.41, 5.74) is 0. The minimum Gasteiger partial charge on any atom is -0.376 e. The highest BCUT2D eigenvalue weighted by atomic mass is 16.5. The number of piperazine rings is 1. The van der Waals surface area contributed by atoms with Gasteiger partial charge in [-0.15, -0.1) is 0 Å². The van der Waals surface area contributed by atoms with Gasteiger partial charge in [-0.3, -0.25) is 0 Å². The first-order chi connectivity index (χ1) is 7.34. The van der Waals surface area contributed by atoms with Crippen LogP contribution in [-0.2, 0) is 4.74 Å². The second-order valence-corrected chi connectivity index (χ2v) is 4.63. The Hall–Kier alpha value is -0.160. The van der Waals surface area contributed by atoms with Crippen molar-refractivity contribution in [1.82, 2.24) is 15.1 Å². The van der Waals surface area contributed by atoms with Gasteiger partial charge in [0.1, 0.15) is 0 Å². The maximum Gasteiger partial charge on any atom is 0.0712 e. The Bertz CT molecular complexity index is 175. The van der Waals surface area contributed by atoms with Gasteiger partial charge in [0.05, 0.1) is 12.7 Å². The molecule has 88 valence electrons. The van der Waals surface area contributed by atoms with Crippen molar-refractivity contribution >= 4 is 0 Å². The summed E-state index contributed by atoms with van der Waals surface area (Å²) in [4.78, 5) is 4.95. The molecule has 0 amide bonds. The maximum atomic E-state index is 5.69. The van der Waals surface area contributed by atoms with E-state index in [-0.39, 0.29) is 0 Å². The summed E-state index contributed by atoms with van der Waals surface area (Å²) in [5.74, 6) is 0. The second-order valence-electron chi connectivity index (χ2n) is 4.63. The van der Waals surface area contributed by atoms with E-state index in [1.165, 1.54) is 39.1 Å². The molecule has 2 heterocycles. The van der Waals surface area contributed by atoms with Gasteiger partial charge in [-0.2, -0.15) is 0 Å². The fraction of sp³-hybridized carbons (Fsp3) is 1.00. The van der Waals surface area contributed by atoms with Crippen LogP contribution >= 0.6 is 0 Å². The normalized spacial score (nSPS) is 30.6. The molecule has 0 aliphatic carbocycles. The molecule has 1 unspecified atom stereocenters. The van der Waals surface area contributed by atoms with Crippen molar-refractivity contribution in [3.8, 4) is 0 Å². The van der Waals surface area contributed by atoms with E-state index in [1.54, 1.807) is 0 Å². The van der Waals surface area contributed by atoms with Gasteiger partial charge in [0.15, 0.2) is 0 Å². The fourth-order valence-electron chi connectivity index (χ4n) is 2.20. The first-order valence-electron chi connectivity index (χ1n) is 6.08. The number of likely N-dealkylation sites (N-methyl/N-ethyl adjacent to an activating group) is 1. The Morgan fingerprint density at radius 1 is 1.27 bits per heavy atom. The second kappa shape index (κ2) is 5.80. The molecule has 4 heteroatoms. The molecular formula is C11H23N3O. The molecule has 1 atom stereocenters. The molecule has 0 aromatic heterocycles. The molecule has 2 saturated heterocycles. The van der Waals surface area contributed by atoms with Crippen LogP contribution in [-0.4, -0.2) is 75.4 Å². The van der Waals surface area contributed by atoms with Gasteiger partial charge < -0.3 is 19.9 Å². The van der Waals surface area contributed by atoms with Gasteiger partial charge in [0, 0.05) is 45.8 Å².